The van der Waals surface area contributed by atoms with Gasteiger partial charge in [-0.2, -0.15) is 0 Å². The number of nitrogens with zero attached hydrogens (tertiary/aromatic N) is 1. The number of carbonyl (C=O) groups excluding carboxylic acids is 1. The van der Waals surface area contributed by atoms with Crippen LogP contribution in [0.2, 0.25) is 0 Å². The Kier molecular flexibility index (Phi) is 4.38. The number of anilines is 1. The van der Waals surface area contributed by atoms with Crippen molar-refractivity contribution in [1.29, 1.82) is 0 Å². The van der Waals surface area contributed by atoms with E-state index in [1.807, 2.05) is 54.6 Å². The number of carbonyl (C=O) groups is 1. The third kappa shape index (κ3) is 2.98. The number of rotatable bonds is 3. The van der Waals surface area contributed by atoms with E-state index in [1.165, 1.54) is 10.7 Å². The van der Waals surface area contributed by atoms with Crippen LogP contribution in [-0.2, 0) is 4.79 Å². The van der Waals surface area contributed by atoms with Crippen LogP contribution in [-0.4, -0.2) is 20.7 Å². The van der Waals surface area contributed by atoms with Crippen LogP contribution in [0.3, 0.4) is 0 Å². The molecule has 0 fully saturated rings. The molecule has 2 aromatic heterocycles. The molecule has 3 heterocycles. The summed E-state index contributed by atoms with van der Waals surface area (Å²) in [6, 6.07) is 21.4. The van der Waals surface area contributed by atoms with Gasteiger partial charge in [0.2, 0.25) is 5.91 Å². The number of nitrogens with one attached hydrogen (secondary N) is 3. The van der Waals surface area contributed by atoms with Crippen molar-refractivity contribution in [2.75, 3.05) is 5.32 Å². The van der Waals surface area contributed by atoms with E-state index >= 15 is 0 Å². The van der Waals surface area contributed by atoms with Crippen molar-refractivity contribution in [3.63, 3.8) is 0 Å². The molecule has 5 aromatic rings. The van der Waals surface area contributed by atoms with Crippen LogP contribution in [0.5, 0.6) is 0 Å². The molecule has 1 atom stereocenters. The van der Waals surface area contributed by atoms with E-state index in [1.54, 1.807) is 12.1 Å². The molecule has 0 saturated carbocycles. The van der Waals surface area contributed by atoms with Gasteiger partial charge in [0.25, 0.3) is 5.56 Å². The maximum atomic E-state index is 14.5. The Bertz CT molecular complexity index is 1600. The van der Waals surface area contributed by atoms with Gasteiger partial charge >= 0.3 is 0 Å². The lowest BCUT2D eigenvalue weighted by Crippen LogP contribution is -2.18. The minimum atomic E-state index is -0.837. The largest absolute Gasteiger partial charge is 0.339 e. The summed E-state index contributed by atoms with van der Waals surface area (Å²) in [4.78, 5) is 30.0. The second-order valence-corrected chi connectivity index (χ2v) is 8.80. The monoisotopic (exact) mass is 502 g/mol. The average molecular weight is 503 g/mol. The predicted octanol–water partition coefficient (Wildman–Crippen LogP) is 5.30. The Balaban J connectivity index is 1.67. The van der Waals surface area contributed by atoms with Crippen molar-refractivity contribution >= 4 is 38.6 Å². The number of hydrogen-bond donors (Lipinski definition) is 3. The Morgan fingerprint density at radius 2 is 1.67 bits per heavy atom. The molecule has 8 heteroatoms. The molecular formula is C25H16BrFN4O2. The third-order valence-corrected chi connectivity index (χ3v) is 6.51. The zero-order valence-corrected chi connectivity index (χ0v) is 18.6. The number of amides is 1. The van der Waals surface area contributed by atoms with Gasteiger partial charge in [-0.15, -0.1) is 0 Å². The highest BCUT2D eigenvalue weighted by Gasteiger charge is 2.38. The number of halogens is 2. The molecule has 0 bridgehead atoms. The molecule has 1 unspecified atom stereocenters. The first kappa shape index (κ1) is 19.8. The molecule has 162 valence electrons. The highest BCUT2D eigenvalue weighted by Crippen LogP contribution is 2.44. The second-order valence-electron chi connectivity index (χ2n) is 7.88. The fraction of sp³-hybridized carbons (Fsp3) is 0.0400. The van der Waals surface area contributed by atoms with Gasteiger partial charge in [-0.25, -0.2) is 9.07 Å². The summed E-state index contributed by atoms with van der Waals surface area (Å²) in [7, 11) is 0. The van der Waals surface area contributed by atoms with Gasteiger partial charge in [0, 0.05) is 10.0 Å². The van der Waals surface area contributed by atoms with E-state index in [0.717, 1.165) is 10.0 Å². The van der Waals surface area contributed by atoms with Gasteiger partial charge in [-0.05, 0) is 41.5 Å². The van der Waals surface area contributed by atoms with Crippen molar-refractivity contribution in [2.24, 2.45) is 0 Å². The number of fused-ring (bicyclic) bond motifs is 2. The number of hydrogen-bond acceptors (Lipinski definition) is 2. The zero-order chi connectivity index (χ0) is 22.7. The van der Waals surface area contributed by atoms with E-state index in [9.17, 15) is 14.0 Å². The van der Waals surface area contributed by atoms with Crippen molar-refractivity contribution in [3.8, 4) is 16.9 Å². The van der Waals surface area contributed by atoms with E-state index in [2.05, 4.69) is 31.3 Å². The Morgan fingerprint density at radius 1 is 0.909 bits per heavy atom. The van der Waals surface area contributed by atoms with Crippen LogP contribution in [0.4, 0.5) is 10.1 Å². The fourth-order valence-electron chi connectivity index (χ4n) is 4.52. The van der Waals surface area contributed by atoms with Crippen molar-refractivity contribution in [3.05, 3.63) is 105 Å². The molecule has 3 aromatic carbocycles. The van der Waals surface area contributed by atoms with Gasteiger partial charge in [0.15, 0.2) is 0 Å². The first-order valence-corrected chi connectivity index (χ1v) is 11.1. The fourth-order valence-corrected chi connectivity index (χ4v) is 4.79. The number of H-pyrrole nitrogens is 2. The van der Waals surface area contributed by atoms with E-state index in [-0.39, 0.29) is 17.2 Å². The lowest BCUT2D eigenvalue weighted by Gasteiger charge is -2.12. The van der Waals surface area contributed by atoms with Crippen LogP contribution in [0.1, 0.15) is 17.0 Å². The lowest BCUT2D eigenvalue weighted by molar-refractivity contribution is -0.116. The zero-order valence-electron chi connectivity index (χ0n) is 17.0. The Hall–Kier alpha value is -3.91. The minimum absolute atomic E-state index is 0.155. The quantitative estimate of drug-likeness (QED) is 0.312. The molecule has 33 heavy (non-hydrogen) atoms. The number of benzene rings is 3. The molecule has 0 aliphatic carbocycles. The molecule has 3 N–H and O–H groups in total. The minimum Gasteiger partial charge on any atom is -0.339 e. The average Bonchev–Trinajstić information content (AvgIpc) is 3.45. The third-order valence-electron chi connectivity index (χ3n) is 5.98. The van der Waals surface area contributed by atoms with Crippen LogP contribution < -0.4 is 10.9 Å². The number of para-hydroxylation sites is 2. The number of aromatic amines is 2. The Morgan fingerprint density at radius 3 is 2.42 bits per heavy atom. The van der Waals surface area contributed by atoms with Crippen LogP contribution in [0.15, 0.2) is 82.1 Å². The van der Waals surface area contributed by atoms with E-state index < -0.39 is 11.7 Å². The molecule has 6 rings (SSSR count). The summed E-state index contributed by atoms with van der Waals surface area (Å²) in [6.45, 7) is 0. The summed E-state index contributed by atoms with van der Waals surface area (Å²) in [5, 5.41) is 6.16. The van der Waals surface area contributed by atoms with Crippen LogP contribution >= 0.6 is 15.9 Å². The smallest absolute Gasteiger partial charge is 0.281 e. The highest BCUT2D eigenvalue weighted by atomic mass is 79.9. The summed E-state index contributed by atoms with van der Waals surface area (Å²) < 4.78 is 16.8. The molecule has 0 radical (unpaired) electrons. The number of aromatic nitrogens is 3. The van der Waals surface area contributed by atoms with Crippen LogP contribution in [0.25, 0.3) is 28.0 Å². The van der Waals surface area contributed by atoms with Gasteiger partial charge < -0.3 is 10.3 Å². The summed E-state index contributed by atoms with van der Waals surface area (Å²) in [5.74, 6) is -1.71. The molecule has 6 nitrogen and oxygen atoms in total. The van der Waals surface area contributed by atoms with Gasteiger partial charge in [0.05, 0.1) is 28.4 Å². The predicted molar refractivity (Wildman–Crippen MR) is 128 cm³/mol. The van der Waals surface area contributed by atoms with Gasteiger partial charge in [-0.1, -0.05) is 58.4 Å². The Labute approximate surface area is 195 Å². The van der Waals surface area contributed by atoms with Gasteiger partial charge in [-0.3, -0.25) is 14.7 Å². The summed E-state index contributed by atoms with van der Waals surface area (Å²) in [6.07, 6.45) is 0. The van der Waals surface area contributed by atoms with E-state index in [4.69, 9.17) is 0 Å². The summed E-state index contributed by atoms with van der Waals surface area (Å²) >= 11 is 3.44. The normalized spacial score (nSPS) is 15.1. The van der Waals surface area contributed by atoms with Crippen LogP contribution in [0, 0.1) is 5.82 Å². The maximum Gasteiger partial charge on any atom is 0.281 e. The topological polar surface area (TPSA) is 82.7 Å². The van der Waals surface area contributed by atoms with Gasteiger partial charge in [0.1, 0.15) is 11.5 Å². The molecular weight excluding hydrogens is 487 g/mol. The second kappa shape index (κ2) is 7.31. The standard InChI is InChI=1S/C25H16BrFN4O2/c26-14-11-9-13(10-12-14)21-19(18-16-7-4-8-17(27)22(16)29-24(18)32)20-23(28-21)30-31(25(20)33)15-5-2-1-3-6-15/h1-12,18,28,30H,(H,29,32). The first-order valence-electron chi connectivity index (χ1n) is 10.3. The SMILES string of the molecule is O=C1Nc2c(F)cccc2C1c1c(-c2ccc(Br)cc2)[nH]c2[nH]n(-c3ccccc3)c(=O)c12. The molecule has 0 saturated heterocycles. The van der Waals surface area contributed by atoms with E-state index in [0.29, 0.717) is 33.5 Å². The molecule has 1 aliphatic rings. The molecule has 1 amide bonds. The molecule has 1 aliphatic heterocycles. The van der Waals surface area contributed by atoms with Crippen molar-refractivity contribution < 1.29 is 9.18 Å². The summed E-state index contributed by atoms with van der Waals surface area (Å²) in [5.41, 5.74) is 3.50. The lowest BCUT2D eigenvalue weighted by atomic mass is 9.89. The van der Waals surface area contributed by atoms with Crippen molar-refractivity contribution in [1.82, 2.24) is 14.8 Å². The first-order chi connectivity index (χ1) is 16.0. The van der Waals surface area contributed by atoms with Crippen molar-refractivity contribution in [2.45, 2.75) is 5.92 Å². The highest BCUT2D eigenvalue weighted by molar-refractivity contribution is 9.10. The molecule has 0 spiro atoms. The maximum absolute atomic E-state index is 14.5.